The van der Waals surface area contributed by atoms with Crippen molar-refractivity contribution in [3.8, 4) is 0 Å². The number of hydrogen-bond acceptors (Lipinski definition) is 4. The van der Waals surface area contributed by atoms with Gasteiger partial charge in [-0.3, -0.25) is 9.59 Å². The van der Waals surface area contributed by atoms with Gasteiger partial charge in [-0.05, 0) is 49.2 Å². The molecule has 1 unspecified atom stereocenters. The number of nitrogens with one attached hydrogen (secondary N) is 1. The first-order chi connectivity index (χ1) is 15.6. The van der Waals surface area contributed by atoms with E-state index in [1.165, 1.54) is 18.2 Å². The number of halogens is 3. The second-order valence-corrected chi connectivity index (χ2v) is 8.92. The van der Waals surface area contributed by atoms with Crippen LogP contribution in [0.15, 0.2) is 41.9 Å². The van der Waals surface area contributed by atoms with Gasteiger partial charge in [-0.15, -0.1) is 0 Å². The van der Waals surface area contributed by atoms with Gasteiger partial charge in [-0.2, -0.15) is 0 Å². The van der Waals surface area contributed by atoms with E-state index in [0.29, 0.717) is 35.5 Å². The molecule has 1 amide bonds. The highest BCUT2D eigenvalue weighted by molar-refractivity contribution is 6.42. The monoisotopic (exact) mass is 490 g/mol. The molecule has 1 N–H and O–H groups in total. The zero-order valence-corrected chi connectivity index (χ0v) is 20.2. The van der Waals surface area contributed by atoms with Crippen molar-refractivity contribution in [3.63, 3.8) is 0 Å². The van der Waals surface area contributed by atoms with Crippen LogP contribution < -0.4 is 5.32 Å². The number of amides is 1. The lowest BCUT2D eigenvalue weighted by Gasteiger charge is -2.34. The molecule has 0 aromatic heterocycles. The predicted molar refractivity (Wildman–Crippen MR) is 132 cm³/mol. The van der Waals surface area contributed by atoms with Crippen LogP contribution in [0.25, 0.3) is 0 Å². The van der Waals surface area contributed by atoms with Crippen LogP contribution in [-0.2, 0) is 10.3 Å². The van der Waals surface area contributed by atoms with E-state index in [-0.39, 0.29) is 28.1 Å². The van der Waals surface area contributed by atoms with Gasteiger partial charge in [0.15, 0.2) is 6.29 Å². The number of rotatable bonds is 7. The van der Waals surface area contributed by atoms with Crippen molar-refractivity contribution in [2.75, 3.05) is 32.5 Å². The van der Waals surface area contributed by atoms with E-state index >= 15 is 4.39 Å². The maximum Gasteiger partial charge on any atom is 0.246 e. The SMILES string of the molecule is C=CC(=O)N1CCC(Nc2ccc(N=CN(C)C)c(C=O)c2C)(c2c(F)ccc(Cl)c2Cl)C1. The number of likely N-dealkylation sites (tertiary alicyclic amines) is 1. The third-order valence-electron chi connectivity index (χ3n) is 5.69. The number of hydrogen-bond donors (Lipinski definition) is 1. The van der Waals surface area contributed by atoms with Crippen LogP contribution in [0.3, 0.4) is 0 Å². The second kappa shape index (κ2) is 9.93. The molecular weight excluding hydrogens is 466 g/mol. The van der Waals surface area contributed by atoms with Crippen molar-refractivity contribution in [1.29, 1.82) is 0 Å². The van der Waals surface area contributed by atoms with Crippen LogP contribution in [0.1, 0.15) is 27.9 Å². The number of aliphatic imine (C=N–C) groups is 1. The van der Waals surface area contributed by atoms with Crippen LogP contribution in [-0.4, -0.2) is 55.5 Å². The number of carbonyl (C=O) groups excluding carboxylic acids is 2. The van der Waals surface area contributed by atoms with Gasteiger partial charge < -0.3 is 15.1 Å². The van der Waals surface area contributed by atoms with Crippen LogP contribution in [0.5, 0.6) is 0 Å². The van der Waals surface area contributed by atoms with Gasteiger partial charge in [0.1, 0.15) is 5.82 Å². The molecule has 3 rings (SSSR count). The van der Waals surface area contributed by atoms with Gasteiger partial charge in [0.05, 0.1) is 27.6 Å². The summed E-state index contributed by atoms with van der Waals surface area (Å²) in [5, 5.41) is 3.68. The highest BCUT2D eigenvalue weighted by atomic mass is 35.5. The molecule has 0 radical (unpaired) electrons. The molecular formula is C24H25Cl2FN4O2. The molecule has 1 aliphatic rings. The zero-order valence-electron chi connectivity index (χ0n) is 18.7. The summed E-state index contributed by atoms with van der Waals surface area (Å²) in [7, 11) is 3.66. The second-order valence-electron chi connectivity index (χ2n) is 8.14. The molecule has 0 saturated carbocycles. The van der Waals surface area contributed by atoms with Gasteiger partial charge in [-0.1, -0.05) is 29.8 Å². The highest BCUT2D eigenvalue weighted by Crippen LogP contribution is 2.44. The first-order valence-corrected chi connectivity index (χ1v) is 11.0. The zero-order chi connectivity index (χ0) is 24.3. The van der Waals surface area contributed by atoms with E-state index in [1.54, 1.807) is 35.2 Å². The Kier molecular flexibility index (Phi) is 7.44. The van der Waals surface area contributed by atoms with Gasteiger partial charge in [-0.25, -0.2) is 9.38 Å². The maximum atomic E-state index is 15.1. The lowest BCUT2D eigenvalue weighted by Crippen LogP contribution is -2.41. The molecule has 6 nitrogen and oxygen atoms in total. The van der Waals surface area contributed by atoms with Crippen LogP contribution in [0.4, 0.5) is 15.8 Å². The van der Waals surface area contributed by atoms with Crippen molar-refractivity contribution in [2.24, 2.45) is 4.99 Å². The summed E-state index contributed by atoms with van der Waals surface area (Å²) < 4.78 is 15.1. The van der Waals surface area contributed by atoms with Crippen molar-refractivity contribution in [2.45, 2.75) is 18.9 Å². The molecule has 174 valence electrons. The normalized spacial score (nSPS) is 17.9. The Bertz CT molecular complexity index is 1140. The Hall–Kier alpha value is -2.90. The topological polar surface area (TPSA) is 65.0 Å². The molecule has 2 aromatic carbocycles. The highest BCUT2D eigenvalue weighted by Gasteiger charge is 2.44. The minimum Gasteiger partial charge on any atom is -0.373 e. The molecule has 0 bridgehead atoms. The molecule has 1 heterocycles. The number of carbonyl (C=O) groups is 2. The first-order valence-electron chi connectivity index (χ1n) is 10.3. The average Bonchev–Trinajstić information content (AvgIpc) is 3.21. The molecule has 9 heteroatoms. The quantitative estimate of drug-likeness (QED) is 0.190. The van der Waals surface area contributed by atoms with Crippen LogP contribution >= 0.6 is 23.2 Å². The van der Waals surface area contributed by atoms with Crippen molar-refractivity contribution in [1.82, 2.24) is 9.80 Å². The van der Waals surface area contributed by atoms with E-state index < -0.39 is 11.4 Å². The van der Waals surface area contributed by atoms with Gasteiger partial charge in [0.25, 0.3) is 0 Å². The van der Waals surface area contributed by atoms with Crippen LogP contribution in [0.2, 0.25) is 10.0 Å². The Balaban J connectivity index is 2.13. The molecule has 33 heavy (non-hydrogen) atoms. The molecule has 1 fully saturated rings. The first kappa shape index (κ1) is 24.7. The lowest BCUT2D eigenvalue weighted by atomic mass is 9.87. The predicted octanol–water partition coefficient (Wildman–Crippen LogP) is 5.20. The Morgan fingerprint density at radius 1 is 1.30 bits per heavy atom. The van der Waals surface area contributed by atoms with E-state index in [0.717, 1.165) is 6.29 Å². The summed E-state index contributed by atoms with van der Waals surface area (Å²) in [6, 6.07) is 6.14. The van der Waals surface area contributed by atoms with Crippen molar-refractivity contribution < 1.29 is 14.0 Å². The van der Waals surface area contributed by atoms with Gasteiger partial charge in [0.2, 0.25) is 5.91 Å². The fourth-order valence-corrected chi connectivity index (χ4v) is 4.50. The Labute approximate surface area is 202 Å². The van der Waals surface area contributed by atoms with Crippen molar-refractivity contribution in [3.05, 3.63) is 69.5 Å². The molecule has 1 aliphatic heterocycles. The summed E-state index contributed by atoms with van der Waals surface area (Å²) >= 11 is 12.7. The molecule has 0 spiro atoms. The smallest absolute Gasteiger partial charge is 0.246 e. The summed E-state index contributed by atoms with van der Waals surface area (Å²) in [5.74, 6) is -0.804. The number of nitrogens with zero attached hydrogens (tertiary/aromatic N) is 3. The van der Waals surface area contributed by atoms with Gasteiger partial charge >= 0.3 is 0 Å². The standard InChI is InChI=1S/C24H25Cl2FN4O2/c1-5-21(33)31-11-10-24(13-31,22-18(27)7-6-17(25)23(22)26)29-19-8-9-20(28-14-30(3)4)16(12-32)15(19)2/h5-9,12,14,29H,1,10-11,13H2,2-4H3. The summed E-state index contributed by atoms with van der Waals surface area (Å²) in [6.45, 7) is 5.84. The Morgan fingerprint density at radius 2 is 2.03 bits per heavy atom. The molecule has 2 aromatic rings. The molecule has 1 saturated heterocycles. The number of aldehydes is 1. The fourth-order valence-electron chi connectivity index (χ4n) is 4.01. The van der Waals surface area contributed by atoms with E-state index in [9.17, 15) is 9.59 Å². The van der Waals surface area contributed by atoms with E-state index in [4.69, 9.17) is 23.2 Å². The third kappa shape index (κ3) is 4.89. The fraction of sp³-hybridized carbons (Fsp3) is 0.292. The van der Waals surface area contributed by atoms with Gasteiger partial charge in [0, 0.05) is 44.0 Å². The van der Waals surface area contributed by atoms with Crippen molar-refractivity contribution >= 4 is 53.1 Å². The molecule has 0 aliphatic carbocycles. The lowest BCUT2D eigenvalue weighted by molar-refractivity contribution is -0.125. The molecule has 1 atom stereocenters. The Morgan fingerprint density at radius 3 is 2.67 bits per heavy atom. The van der Waals surface area contributed by atoms with Crippen LogP contribution in [0, 0.1) is 12.7 Å². The minimum atomic E-state index is -1.07. The summed E-state index contributed by atoms with van der Waals surface area (Å²) in [5.41, 5.74) is 1.27. The summed E-state index contributed by atoms with van der Waals surface area (Å²) in [4.78, 5) is 31.9. The largest absolute Gasteiger partial charge is 0.373 e. The maximum absolute atomic E-state index is 15.1. The number of benzene rings is 2. The minimum absolute atomic E-state index is 0.0811. The number of anilines is 1. The van der Waals surface area contributed by atoms with E-state index in [2.05, 4.69) is 16.9 Å². The third-order valence-corrected chi connectivity index (χ3v) is 6.49. The summed E-state index contributed by atoms with van der Waals surface area (Å²) in [6.07, 6.45) is 3.94. The average molecular weight is 491 g/mol. The van der Waals surface area contributed by atoms with E-state index in [1.807, 2.05) is 14.1 Å².